The van der Waals surface area contributed by atoms with E-state index < -0.39 is 52.9 Å². The number of piperazine rings is 1. The number of carboxylic acid groups (broad SMARTS) is 1. The number of hydrogen-bond donors (Lipinski definition) is 1. The molecule has 0 aliphatic carbocycles. The predicted octanol–water partition coefficient (Wildman–Crippen LogP) is 2.83. The van der Waals surface area contributed by atoms with Crippen LogP contribution in [-0.2, 0) is 17.4 Å². The molecule has 0 radical (unpaired) electrons. The molecule has 3 rings (SSSR count). The molecule has 0 saturated carbocycles. The predicted molar refractivity (Wildman–Crippen MR) is 107 cm³/mol. The van der Waals surface area contributed by atoms with Crippen LogP contribution in [0.25, 0.3) is 0 Å². The number of nitrogens with zero attached hydrogens (tertiary/aromatic N) is 4. The summed E-state index contributed by atoms with van der Waals surface area (Å²) in [5.41, 5.74) is -2.03. The first-order chi connectivity index (χ1) is 15.0. The van der Waals surface area contributed by atoms with Crippen LogP contribution >= 0.6 is 0 Å². The maximum absolute atomic E-state index is 13.1. The summed E-state index contributed by atoms with van der Waals surface area (Å²) < 4.78 is 38.9. The standard InChI is InChI=1S/C20H25F3N4O5/c1-13-17(12-24-6-2-3-7-24)26(9-8-25(13)19(29)30)18(28)10-14-4-5-15(20(21,22)23)11-16(14)27(31)32/h4-5,11,13,17H,2-3,6-10,12H2,1H3,(H,29,30)/t13-,17+/m1/s1. The van der Waals surface area contributed by atoms with Crippen molar-refractivity contribution in [1.82, 2.24) is 14.7 Å². The quantitative estimate of drug-likeness (QED) is 0.537. The minimum absolute atomic E-state index is 0.0911. The Balaban J connectivity index is 1.84. The van der Waals surface area contributed by atoms with E-state index in [1.165, 1.54) is 9.80 Å². The fourth-order valence-corrected chi connectivity index (χ4v) is 4.44. The van der Waals surface area contributed by atoms with Gasteiger partial charge < -0.3 is 19.8 Å². The van der Waals surface area contributed by atoms with Gasteiger partial charge in [0, 0.05) is 31.3 Å². The lowest BCUT2D eigenvalue weighted by Crippen LogP contribution is -2.64. The van der Waals surface area contributed by atoms with Crippen LogP contribution in [0.1, 0.15) is 30.9 Å². The van der Waals surface area contributed by atoms with Crippen LogP contribution in [0.3, 0.4) is 0 Å². The summed E-state index contributed by atoms with van der Waals surface area (Å²) in [6.45, 7) is 4.06. The average Bonchev–Trinajstić information content (AvgIpc) is 3.21. The second-order valence-electron chi connectivity index (χ2n) is 8.15. The van der Waals surface area contributed by atoms with Crippen LogP contribution in [0.2, 0.25) is 0 Å². The molecule has 9 nitrogen and oxygen atoms in total. The normalized spacial score (nSPS) is 22.2. The van der Waals surface area contributed by atoms with Gasteiger partial charge in [0.1, 0.15) is 0 Å². The molecule has 32 heavy (non-hydrogen) atoms. The first-order valence-corrected chi connectivity index (χ1v) is 10.3. The molecule has 2 amide bonds. The van der Waals surface area contributed by atoms with Gasteiger partial charge in [0.25, 0.3) is 5.69 Å². The number of carbonyl (C=O) groups excluding carboxylic acids is 1. The van der Waals surface area contributed by atoms with Crippen molar-refractivity contribution in [2.24, 2.45) is 0 Å². The van der Waals surface area contributed by atoms with Crippen molar-refractivity contribution in [3.05, 3.63) is 39.4 Å². The van der Waals surface area contributed by atoms with Crippen molar-refractivity contribution in [2.45, 2.75) is 44.4 Å². The fraction of sp³-hybridized carbons (Fsp3) is 0.600. The van der Waals surface area contributed by atoms with Crippen molar-refractivity contribution in [3.8, 4) is 0 Å². The third kappa shape index (κ3) is 5.12. The van der Waals surface area contributed by atoms with Crippen molar-refractivity contribution >= 4 is 17.7 Å². The van der Waals surface area contributed by atoms with Crippen LogP contribution in [0.4, 0.5) is 23.7 Å². The lowest BCUT2D eigenvalue weighted by atomic mass is 10.00. The Morgan fingerprint density at radius 2 is 1.78 bits per heavy atom. The molecule has 1 N–H and O–H groups in total. The fourth-order valence-electron chi connectivity index (χ4n) is 4.44. The molecular formula is C20H25F3N4O5. The van der Waals surface area contributed by atoms with E-state index in [0.29, 0.717) is 12.6 Å². The first-order valence-electron chi connectivity index (χ1n) is 10.3. The lowest BCUT2D eigenvalue weighted by molar-refractivity contribution is -0.385. The van der Waals surface area contributed by atoms with E-state index in [9.17, 15) is 38.0 Å². The highest BCUT2D eigenvalue weighted by Crippen LogP contribution is 2.33. The van der Waals surface area contributed by atoms with E-state index in [0.717, 1.165) is 38.1 Å². The summed E-state index contributed by atoms with van der Waals surface area (Å²) in [7, 11) is 0. The Kier molecular flexibility index (Phi) is 6.91. The Morgan fingerprint density at radius 3 is 2.34 bits per heavy atom. The third-order valence-electron chi connectivity index (χ3n) is 6.19. The first kappa shape index (κ1) is 23.8. The summed E-state index contributed by atoms with van der Waals surface area (Å²) in [5, 5.41) is 20.8. The molecule has 2 saturated heterocycles. The highest BCUT2D eigenvalue weighted by Gasteiger charge is 2.40. The van der Waals surface area contributed by atoms with Crippen LogP contribution in [-0.4, -0.2) is 81.5 Å². The number of nitro groups is 1. The number of hydrogen-bond acceptors (Lipinski definition) is 5. The van der Waals surface area contributed by atoms with Gasteiger partial charge in [-0.15, -0.1) is 0 Å². The molecule has 1 aromatic carbocycles. The Morgan fingerprint density at radius 1 is 1.16 bits per heavy atom. The number of likely N-dealkylation sites (tertiary alicyclic amines) is 1. The molecule has 176 valence electrons. The molecular weight excluding hydrogens is 433 g/mol. The number of benzene rings is 1. The number of amides is 2. The molecule has 12 heteroatoms. The van der Waals surface area contributed by atoms with Crippen LogP contribution < -0.4 is 0 Å². The van der Waals surface area contributed by atoms with E-state index >= 15 is 0 Å². The summed E-state index contributed by atoms with van der Waals surface area (Å²) in [6, 6.07) is 1.18. The van der Waals surface area contributed by atoms with Gasteiger partial charge in [0.2, 0.25) is 5.91 Å². The van der Waals surface area contributed by atoms with E-state index in [1.54, 1.807) is 6.92 Å². The highest BCUT2D eigenvalue weighted by molar-refractivity contribution is 5.81. The molecule has 2 atom stereocenters. The number of halogens is 3. The van der Waals surface area contributed by atoms with Gasteiger partial charge in [0.15, 0.2) is 0 Å². The third-order valence-corrected chi connectivity index (χ3v) is 6.19. The van der Waals surface area contributed by atoms with Crippen molar-refractivity contribution in [2.75, 3.05) is 32.7 Å². The molecule has 0 aromatic heterocycles. The molecule has 0 bridgehead atoms. The summed E-state index contributed by atoms with van der Waals surface area (Å²) in [5.74, 6) is -0.478. The number of carbonyl (C=O) groups is 2. The Bertz CT molecular complexity index is 888. The van der Waals surface area contributed by atoms with Gasteiger partial charge in [0.05, 0.1) is 29.0 Å². The molecule has 2 fully saturated rings. The molecule has 1 aromatic rings. The van der Waals surface area contributed by atoms with Crippen LogP contribution in [0.15, 0.2) is 18.2 Å². The number of nitro benzene ring substituents is 1. The van der Waals surface area contributed by atoms with Crippen molar-refractivity contribution < 1.29 is 32.8 Å². The molecule has 2 heterocycles. The van der Waals surface area contributed by atoms with Gasteiger partial charge >= 0.3 is 12.3 Å². The van der Waals surface area contributed by atoms with E-state index in [4.69, 9.17) is 0 Å². The van der Waals surface area contributed by atoms with E-state index in [1.807, 2.05) is 0 Å². The zero-order valence-corrected chi connectivity index (χ0v) is 17.5. The van der Waals surface area contributed by atoms with Gasteiger partial charge in [-0.2, -0.15) is 13.2 Å². The second-order valence-corrected chi connectivity index (χ2v) is 8.15. The Hall–Kier alpha value is -2.89. The van der Waals surface area contributed by atoms with E-state index in [-0.39, 0.29) is 18.7 Å². The topological polar surface area (TPSA) is 107 Å². The zero-order chi connectivity index (χ0) is 23.6. The highest BCUT2D eigenvalue weighted by atomic mass is 19.4. The van der Waals surface area contributed by atoms with Crippen LogP contribution in [0.5, 0.6) is 0 Å². The van der Waals surface area contributed by atoms with E-state index in [2.05, 4.69) is 4.90 Å². The van der Waals surface area contributed by atoms with Gasteiger partial charge in [-0.1, -0.05) is 6.07 Å². The van der Waals surface area contributed by atoms with Gasteiger partial charge in [-0.3, -0.25) is 14.9 Å². The maximum atomic E-state index is 13.1. The maximum Gasteiger partial charge on any atom is 0.416 e. The van der Waals surface area contributed by atoms with Gasteiger partial charge in [-0.05, 0) is 38.9 Å². The molecule has 0 spiro atoms. The minimum atomic E-state index is -4.74. The lowest BCUT2D eigenvalue weighted by Gasteiger charge is -2.46. The largest absolute Gasteiger partial charge is 0.465 e. The molecule has 0 unspecified atom stereocenters. The second kappa shape index (κ2) is 9.31. The summed E-state index contributed by atoms with van der Waals surface area (Å²) in [6.07, 6.45) is -4.25. The molecule has 2 aliphatic rings. The number of alkyl halides is 3. The monoisotopic (exact) mass is 458 g/mol. The number of rotatable bonds is 5. The van der Waals surface area contributed by atoms with Crippen LogP contribution in [0, 0.1) is 10.1 Å². The molecule has 2 aliphatic heterocycles. The van der Waals surface area contributed by atoms with Crippen molar-refractivity contribution in [1.29, 1.82) is 0 Å². The van der Waals surface area contributed by atoms with Crippen molar-refractivity contribution in [3.63, 3.8) is 0 Å². The smallest absolute Gasteiger partial charge is 0.416 e. The summed E-state index contributed by atoms with van der Waals surface area (Å²) >= 11 is 0. The summed E-state index contributed by atoms with van der Waals surface area (Å²) in [4.78, 5) is 40.1. The zero-order valence-electron chi connectivity index (χ0n) is 17.5. The minimum Gasteiger partial charge on any atom is -0.465 e. The SMILES string of the molecule is C[C@@H]1[C@H](CN2CCCC2)N(C(=O)Cc2ccc(C(F)(F)F)cc2[N+](=O)[O-])CCN1C(=O)O. The average molecular weight is 458 g/mol. The Labute approximate surface area is 182 Å². The van der Waals surface area contributed by atoms with Gasteiger partial charge in [-0.25, -0.2) is 4.79 Å².